The number of anilines is 1. The second-order valence-corrected chi connectivity index (χ2v) is 7.79. The molecule has 1 heterocycles. The van der Waals surface area contributed by atoms with Crippen LogP contribution < -0.4 is 10.6 Å². The summed E-state index contributed by atoms with van der Waals surface area (Å²) in [5, 5.41) is 6.26. The Hall–Kier alpha value is -2.04. The van der Waals surface area contributed by atoms with Gasteiger partial charge in [0.15, 0.2) is 0 Å². The van der Waals surface area contributed by atoms with Crippen LogP contribution in [0.3, 0.4) is 0 Å². The summed E-state index contributed by atoms with van der Waals surface area (Å²) in [7, 11) is 1.67. The number of hydrogen-bond donors (Lipinski definition) is 2. The molecule has 0 radical (unpaired) electrons. The van der Waals surface area contributed by atoms with Crippen molar-refractivity contribution in [1.82, 2.24) is 15.3 Å². The highest BCUT2D eigenvalue weighted by Gasteiger charge is 2.30. The highest BCUT2D eigenvalue weighted by molar-refractivity contribution is 6.28. The number of carbonyl (C=O) groups excluding carboxylic acids is 1. The molecule has 2 N–H and O–H groups in total. The van der Waals surface area contributed by atoms with Gasteiger partial charge in [-0.2, -0.15) is 4.98 Å². The summed E-state index contributed by atoms with van der Waals surface area (Å²) >= 11 is 5.88. The molecule has 0 aliphatic heterocycles. The van der Waals surface area contributed by atoms with Gasteiger partial charge < -0.3 is 20.1 Å². The minimum Gasteiger partial charge on any atom is -0.444 e. The van der Waals surface area contributed by atoms with E-state index in [-0.39, 0.29) is 23.3 Å². The Morgan fingerprint density at radius 3 is 2.81 bits per heavy atom. The van der Waals surface area contributed by atoms with Crippen molar-refractivity contribution in [2.75, 3.05) is 25.6 Å². The number of aromatic nitrogens is 2. The van der Waals surface area contributed by atoms with Gasteiger partial charge in [0.05, 0.1) is 5.56 Å². The van der Waals surface area contributed by atoms with Crippen molar-refractivity contribution in [2.45, 2.75) is 51.7 Å². The Bertz CT molecular complexity index is 703. The fourth-order valence-electron chi connectivity index (χ4n) is 2.52. The number of nitrogens with zero attached hydrogens (tertiary/aromatic N) is 2. The summed E-state index contributed by atoms with van der Waals surface area (Å²) in [6.45, 7) is 6.91. The Labute approximate surface area is 165 Å². The minimum absolute atomic E-state index is 0.104. The average molecular weight is 395 g/mol. The fraction of sp³-hybridized carbons (Fsp3) is 0.632. The van der Waals surface area contributed by atoms with Crippen molar-refractivity contribution in [3.63, 3.8) is 0 Å². The van der Waals surface area contributed by atoms with Crippen molar-refractivity contribution in [1.29, 1.82) is 0 Å². The maximum atomic E-state index is 11.8. The number of halogens is 1. The number of methoxy groups -OCH3 is 1. The predicted octanol–water partition coefficient (Wildman–Crippen LogP) is 3.23. The lowest BCUT2D eigenvalue weighted by molar-refractivity contribution is 0.0467. The van der Waals surface area contributed by atoms with E-state index in [2.05, 4.69) is 32.4 Å². The molecule has 0 aromatic carbocycles. The normalized spacial score (nSPS) is 18.7. The second-order valence-electron chi connectivity index (χ2n) is 7.46. The third kappa shape index (κ3) is 7.61. The highest BCUT2D eigenvalue weighted by Crippen LogP contribution is 2.27. The smallest absolute Gasteiger partial charge is 0.407 e. The molecule has 27 heavy (non-hydrogen) atoms. The number of rotatable bonds is 6. The van der Waals surface area contributed by atoms with Crippen molar-refractivity contribution >= 4 is 23.5 Å². The molecule has 1 aliphatic carbocycles. The minimum atomic E-state index is -0.492. The summed E-state index contributed by atoms with van der Waals surface area (Å²) in [5.74, 6) is 7.19. The summed E-state index contributed by atoms with van der Waals surface area (Å²) in [6, 6.07) is 0.104. The predicted molar refractivity (Wildman–Crippen MR) is 105 cm³/mol. The molecular weight excluding hydrogens is 368 g/mol. The van der Waals surface area contributed by atoms with Gasteiger partial charge in [-0.3, -0.25) is 0 Å². The zero-order valence-electron chi connectivity index (χ0n) is 16.3. The van der Waals surface area contributed by atoms with Crippen LogP contribution in [0.1, 0.15) is 45.6 Å². The molecule has 1 fully saturated rings. The standard InChI is InChI=1S/C19H27ClN4O3/c1-19(2,3)27-18(25)23-15-10-13(11-15)6-7-14-12-22-17(20)24-16(14)21-8-5-9-26-4/h12-13,15H,5,8-11H2,1-4H3,(H,23,25)(H,21,22,24). The second kappa shape index (κ2) is 9.77. The Balaban J connectivity index is 1.85. The van der Waals surface area contributed by atoms with E-state index in [9.17, 15) is 4.79 Å². The molecule has 0 bridgehead atoms. The van der Waals surface area contributed by atoms with Crippen LogP contribution in [0, 0.1) is 17.8 Å². The SMILES string of the molecule is COCCCNc1nc(Cl)ncc1C#CC1CC(NC(=O)OC(C)(C)C)C1. The topological polar surface area (TPSA) is 85.4 Å². The van der Waals surface area contributed by atoms with Gasteiger partial charge in [-0.1, -0.05) is 11.8 Å². The molecule has 1 amide bonds. The summed E-state index contributed by atoms with van der Waals surface area (Å²) in [4.78, 5) is 20.0. The van der Waals surface area contributed by atoms with Gasteiger partial charge in [0, 0.05) is 38.4 Å². The maximum absolute atomic E-state index is 11.8. The summed E-state index contributed by atoms with van der Waals surface area (Å²) < 4.78 is 10.3. The van der Waals surface area contributed by atoms with E-state index in [1.165, 1.54) is 0 Å². The molecule has 1 aromatic heterocycles. The monoisotopic (exact) mass is 394 g/mol. The number of carbonyl (C=O) groups is 1. The lowest BCUT2D eigenvalue weighted by Gasteiger charge is -2.33. The quantitative estimate of drug-likeness (QED) is 0.437. The summed E-state index contributed by atoms with van der Waals surface area (Å²) in [5.41, 5.74) is 0.217. The average Bonchev–Trinajstić information content (AvgIpc) is 2.53. The van der Waals surface area contributed by atoms with Crippen LogP contribution in [0.5, 0.6) is 0 Å². The van der Waals surface area contributed by atoms with E-state index in [4.69, 9.17) is 21.1 Å². The van der Waals surface area contributed by atoms with E-state index in [1.807, 2.05) is 20.8 Å². The molecule has 0 spiro atoms. The van der Waals surface area contributed by atoms with E-state index in [0.717, 1.165) is 19.3 Å². The van der Waals surface area contributed by atoms with E-state index in [1.54, 1.807) is 13.3 Å². The third-order valence-electron chi connectivity index (χ3n) is 3.85. The zero-order chi connectivity index (χ0) is 19.9. The number of nitrogens with one attached hydrogen (secondary N) is 2. The van der Waals surface area contributed by atoms with Crippen molar-refractivity contribution in [2.24, 2.45) is 5.92 Å². The van der Waals surface area contributed by atoms with Crippen LogP contribution in [0.4, 0.5) is 10.6 Å². The van der Waals surface area contributed by atoms with Crippen LogP contribution in [0.15, 0.2) is 6.20 Å². The Morgan fingerprint density at radius 1 is 1.41 bits per heavy atom. The molecule has 7 nitrogen and oxygen atoms in total. The van der Waals surface area contributed by atoms with Gasteiger partial charge in [-0.05, 0) is 51.6 Å². The van der Waals surface area contributed by atoms with Crippen LogP contribution in [-0.4, -0.2) is 48.0 Å². The van der Waals surface area contributed by atoms with Gasteiger partial charge in [-0.15, -0.1) is 0 Å². The number of hydrogen-bond acceptors (Lipinski definition) is 6. The third-order valence-corrected chi connectivity index (χ3v) is 4.03. The van der Waals surface area contributed by atoms with Gasteiger partial charge in [0.2, 0.25) is 5.28 Å². The molecule has 1 aliphatic rings. The lowest BCUT2D eigenvalue weighted by atomic mass is 9.81. The maximum Gasteiger partial charge on any atom is 0.407 e. The zero-order valence-corrected chi connectivity index (χ0v) is 17.0. The van der Waals surface area contributed by atoms with Gasteiger partial charge in [-0.25, -0.2) is 9.78 Å². The summed E-state index contributed by atoms with van der Waals surface area (Å²) in [6.07, 6.45) is 3.70. The molecule has 1 saturated carbocycles. The van der Waals surface area contributed by atoms with Crippen LogP contribution in [0.2, 0.25) is 5.28 Å². The molecule has 0 unspecified atom stereocenters. The van der Waals surface area contributed by atoms with Gasteiger partial charge in [0.1, 0.15) is 11.4 Å². The van der Waals surface area contributed by atoms with Crippen molar-refractivity contribution < 1.29 is 14.3 Å². The lowest BCUT2D eigenvalue weighted by Crippen LogP contribution is -2.45. The van der Waals surface area contributed by atoms with Crippen molar-refractivity contribution in [3.8, 4) is 11.8 Å². The van der Waals surface area contributed by atoms with Gasteiger partial charge in [0.25, 0.3) is 0 Å². The van der Waals surface area contributed by atoms with E-state index >= 15 is 0 Å². The van der Waals surface area contributed by atoms with Crippen LogP contribution in [-0.2, 0) is 9.47 Å². The largest absolute Gasteiger partial charge is 0.444 e. The number of ether oxygens (including phenoxy) is 2. The first-order valence-electron chi connectivity index (χ1n) is 9.03. The van der Waals surface area contributed by atoms with Crippen LogP contribution >= 0.6 is 11.6 Å². The molecular formula is C19H27ClN4O3. The fourth-order valence-corrected chi connectivity index (χ4v) is 2.65. The first-order chi connectivity index (χ1) is 12.8. The van der Waals surface area contributed by atoms with Crippen molar-refractivity contribution in [3.05, 3.63) is 17.0 Å². The first-order valence-corrected chi connectivity index (χ1v) is 9.41. The van der Waals surface area contributed by atoms with Crippen LogP contribution in [0.25, 0.3) is 0 Å². The number of amides is 1. The molecule has 148 valence electrons. The highest BCUT2D eigenvalue weighted by atomic mass is 35.5. The molecule has 1 aromatic rings. The Kier molecular flexibility index (Phi) is 7.69. The van der Waals surface area contributed by atoms with E-state index in [0.29, 0.717) is 24.5 Å². The van der Waals surface area contributed by atoms with E-state index < -0.39 is 5.60 Å². The molecule has 8 heteroatoms. The molecule has 2 rings (SSSR count). The molecule has 0 saturated heterocycles. The van der Waals surface area contributed by atoms with Gasteiger partial charge >= 0.3 is 6.09 Å². The Morgan fingerprint density at radius 2 is 2.15 bits per heavy atom. The molecule has 0 atom stereocenters. The first kappa shape index (κ1) is 21.3. The number of alkyl carbamates (subject to hydrolysis) is 1.